The average molecular weight is 270 g/mol. The van der Waals surface area contributed by atoms with Crippen molar-refractivity contribution in [2.24, 2.45) is 0 Å². The van der Waals surface area contributed by atoms with Gasteiger partial charge in [0.05, 0.1) is 17.1 Å². The highest BCUT2D eigenvalue weighted by atomic mass is 32.2. The van der Waals surface area contributed by atoms with Gasteiger partial charge in [-0.15, -0.1) is 0 Å². The van der Waals surface area contributed by atoms with Crippen LogP contribution in [-0.2, 0) is 14.9 Å². The third-order valence-corrected chi connectivity index (χ3v) is 4.27. The molecule has 1 heterocycles. The van der Waals surface area contributed by atoms with Crippen LogP contribution >= 0.6 is 0 Å². The normalized spacial score (nSPS) is 17.3. The predicted octanol–water partition coefficient (Wildman–Crippen LogP) is 1.41. The van der Waals surface area contributed by atoms with Crippen LogP contribution in [0.2, 0.25) is 0 Å². The lowest BCUT2D eigenvalue weighted by Crippen LogP contribution is -2.35. The first-order valence-electron chi connectivity index (χ1n) is 5.41. The summed E-state index contributed by atoms with van der Waals surface area (Å²) in [6.45, 7) is 0.604. The number of sulfonamides is 1. The molecule has 18 heavy (non-hydrogen) atoms. The summed E-state index contributed by atoms with van der Waals surface area (Å²) in [5, 5.41) is 8.69. The first kappa shape index (κ1) is 13.0. The fraction of sp³-hybridized carbons (Fsp3) is 0.364. The Morgan fingerprint density at radius 2 is 2.17 bits per heavy atom. The molecule has 2 rings (SSSR count). The van der Waals surface area contributed by atoms with E-state index in [-0.39, 0.29) is 17.0 Å². The smallest absolute Gasteiger partial charge is 0.265 e. The fourth-order valence-corrected chi connectivity index (χ4v) is 2.96. The van der Waals surface area contributed by atoms with E-state index >= 15 is 0 Å². The van der Waals surface area contributed by atoms with Gasteiger partial charge in [0.15, 0.2) is 0 Å². The van der Waals surface area contributed by atoms with E-state index in [1.807, 2.05) is 0 Å². The molecule has 0 unspecified atom stereocenters. The first-order chi connectivity index (χ1) is 8.55. The van der Waals surface area contributed by atoms with E-state index in [1.54, 1.807) is 6.07 Å². The van der Waals surface area contributed by atoms with E-state index in [4.69, 9.17) is 10.1 Å². The molecule has 5 nitrogen and oxygen atoms in total. The zero-order valence-electron chi connectivity index (χ0n) is 9.47. The topological polar surface area (TPSA) is 70.4 Å². The van der Waals surface area contributed by atoms with Gasteiger partial charge in [-0.05, 0) is 31.0 Å². The van der Waals surface area contributed by atoms with Crippen molar-refractivity contribution in [2.75, 3.05) is 13.2 Å². The highest BCUT2D eigenvalue weighted by Crippen LogP contribution is 2.21. The van der Waals surface area contributed by atoms with Crippen molar-refractivity contribution in [3.05, 3.63) is 29.6 Å². The van der Waals surface area contributed by atoms with E-state index in [0.29, 0.717) is 13.0 Å². The summed E-state index contributed by atoms with van der Waals surface area (Å²) >= 11 is 0. The molecular weight excluding hydrogens is 259 g/mol. The predicted molar refractivity (Wildman–Crippen MR) is 60.2 cm³/mol. The molecule has 1 aliphatic rings. The Hall–Kier alpha value is -1.49. The van der Waals surface area contributed by atoms with E-state index in [1.165, 1.54) is 0 Å². The SMILES string of the molecule is N#Cc1cc(S(=O)(=O)N2CCCCO2)ccc1F. The maximum absolute atomic E-state index is 13.1. The summed E-state index contributed by atoms with van der Waals surface area (Å²) in [5.41, 5.74) is -0.298. The number of nitrogens with zero attached hydrogens (tertiary/aromatic N) is 2. The molecule has 1 fully saturated rings. The number of hydrogen-bond donors (Lipinski definition) is 0. The van der Waals surface area contributed by atoms with Crippen molar-refractivity contribution in [1.29, 1.82) is 5.26 Å². The monoisotopic (exact) mass is 270 g/mol. The standard InChI is InChI=1S/C11H11FN2O3S/c12-11-4-3-10(7-9(11)8-13)18(15,16)14-5-1-2-6-17-14/h3-4,7H,1-2,5-6H2. The Bertz CT molecular complexity index is 589. The summed E-state index contributed by atoms with van der Waals surface area (Å²) in [6.07, 6.45) is 1.52. The van der Waals surface area contributed by atoms with Gasteiger partial charge in [-0.1, -0.05) is 4.47 Å². The van der Waals surface area contributed by atoms with Crippen molar-refractivity contribution < 1.29 is 17.6 Å². The van der Waals surface area contributed by atoms with Gasteiger partial charge < -0.3 is 0 Å². The lowest BCUT2D eigenvalue weighted by Gasteiger charge is -2.25. The van der Waals surface area contributed by atoms with Crippen LogP contribution in [0.15, 0.2) is 23.1 Å². The molecule has 1 aliphatic heterocycles. The van der Waals surface area contributed by atoms with Gasteiger partial charge >= 0.3 is 0 Å². The summed E-state index contributed by atoms with van der Waals surface area (Å²) in [7, 11) is -3.82. The zero-order chi connectivity index (χ0) is 13.2. The Balaban J connectivity index is 2.38. The summed E-state index contributed by atoms with van der Waals surface area (Å²) in [4.78, 5) is 4.93. The molecular formula is C11H11FN2O3S. The van der Waals surface area contributed by atoms with Gasteiger partial charge in [-0.2, -0.15) is 5.26 Å². The lowest BCUT2D eigenvalue weighted by atomic mass is 10.2. The maximum Gasteiger partial charge on any atom is 0.265 e. The molecule has 0 radical (unpaired) electrons. The molecule has 96 valence electrons. The first-order valence-corrected chi connectivity index (χ1v) is 6.85. The largest absolute Gasteiger partial charge is 0.284 e. The minimum absolute atomic E-state index is 0.137. The van der Waals surface area contributed by atoms with Crippen LogP contribution in [0, 0.1) is 17.1 Å². The van der Waals surface area contributed by atoms with Gasteiger partial charge in [-0.25, -0.2) is 12.8 Å². The van der Waals surface area contributed by atoms with Crippen molar-refractivity contribution in [3.8, 4) is 6.07 Å². The Morgan fingerprint density at radius 1 is 1.39 bits per heavy atom. The van der Waals surface area contributed by atoms with Crippen LogP contribution in [0.25, 0.3) is 0 Å². The Kier molecular flexibility index (Phi) is 3.61. The minimum atomic E-state index is -3.82. The molecule has 0 atom stereocenters. The highest BCUT2D eigenvalue weighted by molar-refractivity contribution is 7.89. The second-order valence-electron chi connectivity index (χ2n) is 3.83. The van der Waals surface area contributed by atoms with E-state index in [9.17, 15) is 12.8 Å². The average Bonchev–Trinajstić information content (AvgIpc) is 2.40. The quantitative estimate of drug-likeness (QED) is 0.814. The molecule has 0 amide bonds. The highest BCUT2D eigenvalue weighted by Gasteiger charge is 2.28. The number of hydrogen-bond acceptors (Lipinski definition) is 4. The molecule has 0 N–H and O–H groups in total. The van der Waals surface area contributed by atoms with Crippen molar-refractivity contribution in [3.63, 3.8) is 0 Å². The molecule has 0 saturated carbocycles. The molecule has 0 aromatic heterocycles. The van der Waals surface area contributed by atoms with Crippen molar-refractivity contribution in [1.82, 2.24) is 4.47 Å². The second-order valence-corrected chi connectivity index (χ2v) is 5.65. The Labute approximate surface area is 104 Å². The zero-order valence-corrected chi connectivity index (χ0v) is 10.3. The van der Waals surface area contributed by atoms with Gasteiger partial charge in [-0.3, -0.25) is 4.84 Å². The molecule has 0 spiro atoms. The van der Waals surface area contributed by atoms with Gasteiger partial charge in [0.1, 0.15) is 11.9 Å². The molecule has 0 bridgehead atoms. The number of hydroxylamine groups is 1. The van der Waals surface area contributed by atoms with Crippen LogP contribution in [0.5, 0.6) is 0 Å². The summed E-state index contributed by atoms with van der Waals surface area (Å²) < 4.78 is 38.3. The molecule has 1 aromatic rings. The van der Waals surface area contributed by atoms with Gasteiger partial charge in [0.2, 0.25) is 0 Å². The minimum Gasteiger partial charge on any atom is -0.284 e. The van der Waals surface area contributed by atoms with E-state index in [2.05, 4.69) is 0 Å². The third kappa shape index (κ3) is 2.36. The number of nitriles is 1. The number of benzene rings is 1. The maximum atomic E-state index is 13.1. The van der Waals surface area contributed by atoms with Gasteiger partial charge in [0.25, 0.3) is 10.0 Å². The van der Waals surface area contributed by atoms with Crippen LogP contribution in [-0.4, -0.2) is 26.0 Å². The van der Waals surface area contributed by atoms with Gasteiger partial charge in [0, 0.05) is 6.54 Å². The number of rotatable bonds is 2. The molecule has 1 aromatic carbocycles. The summed E-state index contributed by atoms with van der Waals surface area (Å²) in [5.74, 6) is -0.740. The molecule has 0 aliphatic carbocycles. The van der Waals surface area contributed by atoms with Crippen molar-refractivity contribution >= 4 is 10.0 Å². The lowest BCUT2D eigenvalue weighted by molar-refractivity contribution is -0.108. The van der Waals surface area contributed by atoms with Crippen molar-refractivity contribution in [2.45, 2.75) is 17.7 Å². The molecule has 7 heteroatoms. The Morgan fingerprint density at radius 3 is 2.78 bits per heavy atom. The molecule has 1 saturated heterocycles. The van der Waals surface area contributed by atoms with Crippen LogP contribution in [0.3, 0.4) is 0 Å². The summed E-state index contributed by atoms with van der Waals surface area (Å²) in [6, 6.07) is 4.72. The second kappa shape index (κ2) is 5.02. The number of halogens is 1. The van der Waals surface area contributed by atoms with E-state index in [0.717, 1.165) is 29.1 Å². The third-order valence-electron chi connectivity index (χ3n) is 2.59. The van der Waals surface area contributed by atoms with Crippen LogP contribution in [0.4, 0.5) is 4.39 Å². The van der Waals surface area contributed by atoms with Crippen LogP contribution in [0.1, 0.15) is 18.4 Å². The van der Waals surface area contributed by atoms with E-state index < -0.39 is 15.8 Å². The fourth-order valence-electron chi connectivity index (χ4n) is 1.63. The van der Waals surface area contributed by atoms with Crippen LogP contribution < -0.4 is 0 Å².